The third-order valence-corrected chi connectivity index (χ3v) is 4.73. The number of hydrogen-bond donors (Lipinski definition) is 1. The lowest BCUT2D eigenvalue weighted by atomic mass is 9.98. The van der Waals surface area contributed by atoms with Gasteiger partial charge in [0.15, 0.2) is 4.88 Å². The van der Waals surface area contributed by atoms with Gasteiger partial charge in [-0.05, 0) is 37.7 Å². The molecule has 1 aliphatic carbocycles. The van der Waals surface area contributed by atoms with Crippen LogP contribution in [0.1, 0.15) is 66.4 Å². The van der Waals surface area contributed by atoms with Crippen molar-refractivity contribution in [3.05, 3.63) is 15.8 Å². The molecule has 1 aromatic heterocycles. The Balaban J connectivity index is 2.16. The molecule has 1 aliphatic rings. The predicted octanol–water partition coefficient (Wildman–Crippen LogP) is 4.28. The molecular formula is C14H20O3S. The lowest BCUT2D eigenvalue weighted by Gasteiger charge is -2.22. The van der Waals surface area contributed by atoms with Gasteiger partial charge in [-0.15, -0.1) is 11.3 Å². The minimum Gasteiger partial charge on any atom is -0.489 e. The second-order valence-electron chi connectivity index (χ2n) is 5.18. The number of carboxylic acids is 1. The average molecular weight is 268 g/mol. The van der Waals surface area contributed by atoms with Gasteiger partial charge in [-0.2, -0.15) is 0 Å². The van der Waals surface area contributed by atoms with Gasteiger partial charge >= 0.3 is 5.97 Å². The van der Waals surface area contributed by atoms with Gasteiger partial charge in [0.2, 0.25) is 0 Å². The van der Waals surface area contributed by atoms with Gasteiger partial charge in [-0.3, -0.25) is 0 Å². The highest BCUT2D eigenvalue weighted by atomic mass is 32.1. The summed E-state index contributed by atoms with van der Waals surface area (Å²) in [7, 11) is 0. The maximum absolute atomic E-state index is 11.2. The van der Waals surface area contributed by atoms with Crippen LogP contribution in [-0.4, -0.2) is 17.2 Å². The highest BCUT2D eigenvalue weighted by Gasteiger charge is 2.22. The number of carbonyl (C=O) groups is 1. The van der Waals surface area contributed by atoms with E-state index >= 15 is 0 Å². The molecule has 1 fully saturated rings. The molecule has 18 heavy (non-hydrogen) atoms. The van der Waals surface area contributed by atoms with E-state index in [0.29, 0.717) is 16.5 Å². The van der Waals surface area contributed by atoms with Crippen LogP contribution in [0.5, 0.6) is 5.75 Å². The minimum absolute atomic E-state index is 0.200. The van der Waals surface area contributed by atoms with Crippen LogP contribution in [0.25, 0.3) is 0 Å². The monoisotopic (exact) mass is 268 g/mol. The Morgan fingerprint density at radius 1 is 1.39 bits per heavy atom. The van der Waals surface area contributed by atoms with Crippen molar-refractivity contribution in [2.75, 3.05) is 0 Å². The summed E-state index contributed by atoms with van der Waals surface area (Å²) in [4.78, 5) is 12.7. The van der Waals surface area contributed by atoms with Gasteiger partial charge in [-0.1, -0.05) is 20.3 Å². The Morgan fingerprint density at radius 3 is 2.61 bits per heavy atom. The number of ether oxygens (including phenoxy) is 1. The molecule has 3 nitrogen and oxygen atoms in total. The summed E-state index contributed by atoms with van der Waals surface area (Å²) in [5, 5.41) is 9.22. The molecule has 0 amide bonds. The molecule has 1 saturated carbocycles. The summed E-state index contributed by atoms with van der Waals surface area (Å²) >= 11 is 1.34. The molecule has 0 atom stereocenters. The van der Waals surface area contributed by atoms with Crippen molar-refractivity contribution in [3.63, 3.8) is 0 Å². The molecule has 0 unspecified atom stereocenters. The highest BCUT2D eigenvalue weighted by Crippen LogP contribution is 2.35. The molecular weight excluding hydrogens is 248 g/mol. The fraction of sp³-hybridized carbons (Fsp3) is 0.643. The van der Waals surface area contributed by atoms with E-state index in [1.807, 2.05) is 6.07 Å². The van der Waals surface area contributed by atoms with Gasteiger partial charge < -0.3 is 9.84 Å². The van der Waals surface area contributed by atoms with E-state index in [-0.39, 0.29) is 6.10 Å². The van der Waals surface area contributed by atoms with Crippen LogP contribution in [0.3, 0.4) is 0 Å². The molecule has 0 spiro atoms. The van der Waals surface area contributed by atoms with Crippen molar-refractivity contribution in [3.8, 4) is 5.75 Å². The number of carboxylic acid groups (broad SMARTS) is 1. The Bertz CT molecular complexity index is 417. The van der Waals surface area contributed by atoms with Crippen LogP contribution in [-0.2, 0) is 0 Å². The second-order valence-corrected chi connectivity index (χ2v) is 6.26. The zero-order valence-corrected chi connectivity index (χ0v) is 11.8. The molecule has 2 rings (SSSR count). The van der Waals surface area contributed by atoms with Gasteiger partial charge in [0, 0.05) is 4.88 Å². The Labute approximate surface area is 112 Å². The first kappa shape index (κ1) is 13.4. The second kappa shape index (κ2) is 5.74. The zero-order chi connectivity index (χ0) is 13.1. The third-order valence-electron chi connectivity index (χ3n) is 3.33. The maximum Gasteiger partial charge on any atom is 0.349 e. The van der Waals surface area contributed by atoms with Crippen molar-refractivity contribution in [1.82, 2.24) is 0 Å². The Hall–Kier alpha value is -1.03. The van der Waals surface area contributed by atoms with Gasteiger partial charge in [0.1, 0.15) is 5.75 Å². The van der Waals surface area contributed by atoms with Crippen molar-refractivity contribution in [2.45, 2.75) is 58.0 Å². The van der Waals surface area contributed by atoms with E-state index in [0.717, 1.165) is 17.7 Å². The molecule has 0 saturated heterocycles. The number of aromatic carboxylic acids is 1. The van der Waals surface area contributed by atoms with Crippen molar-refractivity contribution in [1.29, 1.82) is 0 Å². The average Bonchev–Trinajstić information content (AvgIpc) is 2.74. The summed E-state index contributed by atoms with van der Waals surface area (Å²) in [6.45, 7) is 4.14. The number of hydrogen-bond acceptors (Lipinski definition) is 3. The lowest BCUT2D eigenvalue weighted by Crippen LogP contribution is -2.20. The summed E-state index contributed by atoms with van der Waals surface area (Å²) in [6, 6.07) is 1.91. The van der Waals surface area contributed by atoms with E-state index in [2.05, 4.69) is 13.8 Å². The molecule has 1 heterocycles. The van der Waals surface area contributed by atoms with E-state index in [4.69, 9.17) is 4.74 Å². The Morgan fingerprint density at radius 2 is 2.06 bits per heavy atom. The maximum atomic E-state index is 11.2. The molecule has 0 bridgehead atoms. The molecule has 100 valence electrons. The van der Waals surface area contributed by atoms with Crippen molar-refractivity contribution >= 4 is 17.3 Å². The third kappa shape index (κ3) is 3.05. The number of thiophene rings is 1. The van der Waals surface area contributed by atoms with Crippen molar-refractivity contribution < 1.29 is 14.6 Å². The predicted molar refractivity (Wildman–Crippen MR) is 72.9 cm³/mol. The van der Waals surface area contributed by atoms with E-state index in [1.54, 1.807) is 0 Å². The Kier molecular flexibility index (Phi) is 4.27. The van der Waals surface area contributed by atoms with E-state index in [1.165, 1.54) is 30.6 Å². The van der Waals surface area contributed by atoms with Gasteiger partial charge in [0.25, 0.3) is 0 Å². The van der Waals surface area contributed by atoms with Crippen LogP contribution in [0.15, 0.2) is 6.07 Å². The smallest absolute Gasteiger partial charge is 0.349 e. The fourth-order valence-corrected chi connectivity index (χ4v) is 3.21. The zero-order valence-electron chi connectivity index (χ0n) is 10.9. The SMILES string of the molecule is CC(C)c1cc(OC2CCCCC2)c(C(=O)O)s1. The summed E-state index contributed by atoms with van der Waals surface area (Å²) in [6.07, 6.45) is 5.94. The largest absolute Gasteiger partial charge is 0.489 e. The summed E-state index contributed by atoms with van der Waals surface area (Å²) in [5.41, 5.74) is 0. The quantitative estimate of drug-likeness (QED) is 0.886. The highest BCUT2D eigenvalue weighted by molar-refractivity contribution is 7.14. The first-order valence-corrected chi connectivity index (χ1v) is 7.43. The first-order valence-electron chi connectivity index (χ1n) is 6.61. The van der Waals surface area contributed by atoms with E-state index in [9.17, 15) is 9.90 Å². The molecule has 1 N–H and O–H groups in total. The van der Waals surface area contributed by atoms with Gasteiger partial charge in [-0.25, -0.2) is 4.79 Å². The standard InChI is InChI=1S/C14H20O3S/c1-9(2)12-8-11(13(18-12)14(15)16)17-10-6-4-3-5-7-10/h8-10H,3-7H2,1-2H3,(H,15,16). The molecule has 0 aliphatic heterocycles. The first-order chi connectivity index (χ1) is 8.58. The molecule has 0 aromatic carbocycles. The normalized spacial score (nSPS) is 17.1. The van der Waals surface area contributed by atoms with Crippen molar-refractivity contribution in [2.24, 2.45) is 0 Å². The van der Waals surface area contributed by atoms with Crippen LogP contribution in [0.4, 0.5) is 0 Å². The van der Waals surface area contributed by atoms with Crippen LogP contribution in [0.2, 0.25) is 0 Å². The van der Waals surface area contributed by atoms with Crippen LogP contribution >= 0.6 is 11.3 Å². The molecule has 4 heteroatoms. The molecule has 0 radical (unpaired) electrons. The minimum atomic E-state index is -0.877. The molecule has 1 aromatic rings. The summed E-state index contributed by atoms with van der Waals surface area (Å²) in [5.74, 6) is 0.0395. The topological polar surface area (TPSA) is 46.5 Å². The number of rotatable bonds is 4. The fourth-order valence-electron chi connectivity index (χ4n) is 2.28. The van der Waals surface area contributed by atoms with Crippen LogP contribution in [0, 0.1) is 0 Å². The summed E-state index contributed by atoms with van der Waals surface area (Å²) < 4.78 is 5.91. The lowest BCUT2D eigenvalue weighted by molar-refractivity contribution is 0.0692. The van der Waals surface area contributed by atoms with Gasteiger partial charge in [0.05, 0.1) is 6.10 Å². The van der Waals surface area contributed by atoms with E-state index < -0.39 is 5.97 Å². The van der Waals surface area contributed by atoms with Crippen LogP contribution < -0.4 is 4.74 Å².